The fourth-order valence-corrected chi connectivity index (χ4v) is 3.19. The maximum Gasteiger partial charge on any atom is 0.278 e. The van der Waals surface area contributed by atoms with Crippen LogP contribution in [0.1, 0.15) is 21.6 Å². The molecule has 0 N–H and O–H groups in total. The molecule has 0 atom stereocenters. The SMILES string of the molecule is Cc1n[n+](/C(C(=O)c2ccccc2)=C(\[O-])c2ccccc2)cc2ccccc12. The van der Waals surface area contributed by atoms with Gasteiger partial charge in [-0.15, -0.1) is 0 Å². The number of aromatic nitrogens is 2. The van der Waals surface area contributed by atoms with Crippen LogP contribution >= 0.6 is 0 Å². The number of hydrogen-bond acceptors (Lipinski definition) is 3. The average Bonchev–Trinajstić information content (AvgIpc) is 2.75. The van der Waals surface area contributed by atoms with Crippen LogP contribution in [0, 0.1) is 6.92 Å². The Morgan fingerprint density at radius 3 is 2.07 bits per heavy atom. The van der Waals surface area contributed by atoms with Crippen molar-refractivity contribution in [3.8, 4) is 0 Å². The van der Waals surface area contributed by atoms with Crippen LogP contribution in [0.15, 0.2) is 91.1 Å². The third kappa shape index (κ3) is 3.28. The van der Waals surface area contributed by atoms with Gasteiger partial charge in [0.2, 0.25) is 6.20 Å². The van der Waals surface area contributed by atoms with Gasteiger partial charge in [-0.05, 0) is 29.0 Å². The molecule has 0 radical (unpaired) electrons. The van der Waals surface area contributed by atoms with Crippen molar-refractivity contribution in [1.82, 2.24) is 5.10 Å². The van der Waals surface area contributed by atoms with E-state index >= 15 is 0 Å². The normalized spacial score (nSPS) is 11.9. The second kappa shape index (κ2) is 7.45. The third-order valence-electron chi connectivity index (χ3n) is 4.60. The fraction of sp³-hybridized carbons (Fsp3) is 0.0417. The van der Waals surface area contributed by atoms with Gasteiger partial charge in [-0.1, -0.05) is 78.9 Å². The maximum atomic E-state index is 13.3. The molecule has 3 aromatic carbocycles. The zero-order valence-electron chi connectivity index (χ0n) is 15.4. The fourth-order valence-electron chi connectivity index (χ4n) is 3.19. The molecule has 4 rings (SSSR count). The smallest absolute Gasteiger partial charge is 0.278 e. The molecule has 0 bridgehead atoms. The van der Waals surface area contributed by atoms with Gasteiger partial charge in [0.15, 0.2) is 0 Å². The van der Waals surface area contributed by atoms with E-state index in [9.17, 15) is 9.90 Å². The number of carbonyl (C=O) groups is 1. The van der Waals surface area contributed by atoms with Crippen molar-refractivity contribution in [1.29, 1.82) is 0 Å². The van der Waals surface area contributed by atoms with Gasteiger partial charge < -0.3 is 5.11 Å². The van der Waals surface area contributed by atoms with Gasteiger partial charge in [-0.3, -0.25) is 4.79 Å². The molecule has 0 aliphatic heterocycles. The molecule has 0 amide bonds. The van der Waals surface area contributed by atoms with Crippen LogP contribution in [0.2, 0.25) is 0 Å². The van der Waals surface area contributed by atoms with Crippen molar-refractivity contribution in [2.75, 3.05) is 0 Å². The van der Waals surface area contributed by atoms with Crippen LogP contribution in [0.3, 0.4) is 0 Å². The van der Waals surface area contributed by atoms with Crippen LogP contribution in [0.4, 0.5) is 0 Å². The maximum absolute atomic E-state index is 13.3. The second-order valence-corrected chi connectivity index (χ2v) is 6.49. The molecule has 4 nitrogen and oxygen atoms in total. The molecule has 1 aromatic heterocycles. The number of ketones is 1. The largest absolute Gasteiger partial charge is 0.867 e. The summed E-state index contributed by atoms with van der Waals surface area (Å²) in [6, 6.07) is 25.4. The summed E-state index contributed by atoms with van der Waals surface area (Å²) in [6.07, 6.45) is 1.74. The zero-order valence-corrected chi connectivity index (χ0v) is 15.4. The summed E-state index contributed by atoms with van der Waals surface area (Å²) in [7, 11) is 0. The minimum atomic E-state index is -0.360. The van der Waals surface area contributed by atoms with Crippen LogP contribution in [0.25, 0.3) is 22.2 Å². The number of benzene rings is 3. The van der Waals surface area contributed by atoms with Gasteiger partial charge in [0, 0.05) is 16.0 Å². The Balaban J connectivity index is 1.98. The molecule has 0 unspecified atom stereocenters. The summed E-state index contributed by atoms with van der Waals surface area (Å²) in [5.41, 5.74) is 1.65. The van der Waals surface area contributed by atoms with E-state index in [-0.39, 0.29) is 17.2 Å². The van der Waals surface area contributed by atoms with E-state index < -0.39 is 0 Å². The molecule has 4 aromatic rings. The number of carbonyl (C=O) groups excluding carboxylic acids is 1. The highest BCUT2D eigenvalue weighted by Gasteiger charge is 2.26. The molecule has 0 saturated carbocycles. The highest BCUT2D eigenvalue weighted by molar-refractivity contribution is 6.26. The summed E-state index contributed by atoms with van der Waals surface area (Å²) in [6.45, 7) is 1.87. The van der Waals surface area contributed by atoms with Crippen molar-refractivity contribution in [3.63, 3.8) is 0 Å². The van der Waals surface area contributed by atoms with Gasteiger partial charge in [0.1, 0.15) is 5.69 Å². The summed E-state index contributed by atoms with van der Waals surface area (Å²) in [5.74, 6) is -0.719. The minimum absolute atomic E-state index is 0.00579. The van der Waals surface area contributed by atoms with E-state index in [1.54, 1.807) is 54.7 Å². The molecule has 0 fully saturated rings. The van der Waals surface area contributed by atoms with E-state index in [0.29, 0.717) is 11.1 Å². The number of Topliss-reactive ketones (excluding diaryl/α,β-unsaturated/α-hetero) is 1. The van der Waals surface area contributed by atoms with Crippen molar-refractivity contribution >= 4 is 28.0 Å². The van der Waals surface area contributed by atoms with Gasteiger partial charge in [0.25, 0.3) is 11.5 Å². The minimum Gasteiger partial charge on any atom is -0.867 e. The van der Waals surface area contributed by atoms with Crippen LogP contribution in [0.5, 0.6) is 0 Å². The lowest BCUT2D eigenvalue weighted by Crippen LogP contribution is -2.42. The van der Waals surface area contributed by atoms with Crippen molar-refractivity contribution < 1.29 is 14.6 Å². The zero-order chi connectivity index (χ0) is 19.5. The summed E-state index contributed by atoms with van der Waals surface area (Å²) in [4.78, 5) is 13.3. The van der Waals surface area contributed by atoms with Gasteiger partial charge >= 0.3 is 0 Å². The third-order valence-corrected chi connectivity index (χ3v) is 4.60. The van der Waals surface area contributed by atoms with Gasteiger partial charge in [-0.25, -0.2) is 0 Å². The molecule has 28 heavy (non-hydrogen) atoms. The number of hydrogen-bond donors (Lipinski definition) is 0. The van der Waals surface area contributed by atoms with Crippen LogP contribution in [-0.2, 0) is 0 Å². The first kappa shape index (κ1) is 17.6. The van der Waals surface area contributed by atoms with Gasteiger partial charge in [0.05, 0.1) is 5.39 Å². The Labute approximate surface area is 163 Å². The molecule has 1 heterocycles. The lowest BCUT2D eigenvalue weighted by Gasteiger charge is -2.14. The lowest BCUT2D eigenvalue weighted by atomic mass is 10.0. The van der Waals surface area contributed by atoms with E-state index in [4.69, 9.17) is 0 Å². The molecule has 4 heteroatoms. The molecule has 136 valence electrons. The highest BCUT2D eigenvalue weighted by atomic mass is 16.3. The van der Waals surface area contributed by atoms with Crippen molar-refractivity contribution in [3.05, 3.63) is 108 Å². The Morgan fingerprint density at radius 2 is 1.39 bits per heavy atom. The molecular formula is C24H18N2O2. The Hall–Kier alpha value is -3.79. The summed E-state index contributed by atoms with van der Waals surface area (Å²) < 4.78 is 1.42. The predicted molar refractivity (Wildman–Crippen MR) is 107 cm³/mol. The second-order valence-electron chi connectivity index (χ2n) is 6.49. The van der Waals surface area contributed by atoms with E-state index in [1.165, 1.54) is 4.68 Å². The molecular weight excluding hydrogens is 348 g/mol. The molecule has 0 spiro atoms. The Bertz CT molecular complexity index is 1180. The quantitative estimate of drug-likeness (QED) is 0.241. The Kier molecular flexibility index (Phi) is 4.68. The molecule has 0 aliphatic rings. The topological polar surface area (TPSA) is 56.9 Å². The van der Waals surface area contributed by atoms with Crippen molar-refractivity contribution in [2.45, 2.75) is 6.92 Å². The first-order valence-corrected chi connectivity index (χ1v) is 9.00. The van der Waals surface area contributed by atoms with Crippen molar-refractivity contribution in [2.24, 2.45) is 0 Å². The number of aryl methyl sites for hydroxylation is 1. The summed E-state index contributed by atoms with van der Waals surface area (Å²) in [5, 5.41) is 19.7. The first-order valence-electron chi connectivity index (χ1n) is 9.00. The van der Waals surface area contributed by atoms with Crippen LogP contribution in [-0.4, -0.2) is 10.9 Å². The number of rotatable bonds is 4. The Morgan fingerprint density at radius 1 is 0.821 bits per heavy atom. The standard InChI is InChI=1S/C24H18N2O2/c1-17-21-15-9-8-14-20(21)16-26(25-17)22(23(27)18-10-4-2-5-11-18)24(28)19-12-6-3-7-13-19/h2-16H,1H3. The monoisotopic (exact) mass is 366 g/mol. The number of nitrogens with zero attached hydrogens (tertiary/aromatic N) is 2. The predicted octanol–water partition coefficient (Wildman–Crippen LogP) is 3.40. The summed E-state index contributed by atoms with van der Waals surface area (Å²) >= 11 is 0. The number of fused-ring (bicyclic) bond motifs is 1. The number of allylic oxidation sites excluding steroid dienone is 1. The lowest BCUT2D eigenvalue weighted by molar-refractivity contribution is -0.642. The molecule has 0 aliphatic carbocycles. The molecule has 0 saturated heterocycles. The van der Waals surface area contributed by atoms with Gasteiger partial charge in [-0.2, -0.15) is 0 Å². The van der Waals surface area contributed by atoms with Crippen LogP contribution < -0.4 is 9.79 Å². The van der Waals surface area contributed by atoms with E-state index in [0.717, 1.165) is 16.5 Å². The average molecular weight is 366 g/mol. The van der Waals surface area contributed by atoms with E-state index in [2.05, 4.69) is 5.10 Å². The first-order chi connectivity index (χ1) is 13.6. The van der Waals surface area contributed by atoms with E-state index in [1.807, 2.05) is 43.3 Å². The highest BCUT2D eigenvalue weighted by Crippen LogP contribution is 2.19.